The summed E-state index contributed by atoms with van der Waals surface area (Å²) in [5.74, 6) is 1.62. The molecule has 1 aliphatic heterocycles. The molecule has 0 aliphatic carbocycles. The summed E-state index contributed by atoms with van der Waals surface area (Å²) in [6.45, 7) is 2.49. The Bertz CT molecular complexity index is 1070. The Kier molecular flexibility index (Phi) is 4.72. The number of hydrogen-bond donors (Lipinski definition) is 0. The maximum absolute atomic E-state index is 12.5. The molecule has 4 rings (SSSR count). The first-order valence-corrected chi connectivity index (χ1v) is 9.09. The smallest absolute Gasteiger partial charge is 0.258 e. The summed E-state index contributed by atoms with van der Waals surface area (Å²) >= 11 is 0. The molecule has 28 heavy (non-hydrogen) atoms. The zero-order valence-corrected chi connectivity index (χ0v) is 15.8. The van der Waals surface area contributed by atoms with Crippen molar-refractivity contribution in [1.29, 1.82) is 0 Å². The molecule has 3 aromatic rings. The lowest BCUT2D eigenvalue weighted by Crippen LogP contribution is -2.27. The van der Waals surface area contributed by atoms with Crippen LogP contribution in [0.1, 0.15) is 35.8 Å². The summed E-state index contributed by atoms with van der Waals surface area (Å²) in [6.07, 6.45) is 4.80. The minimum Gasteiger partial charge on any atom is -0.339 e. The van der Waals surface area contributed by atoms with Crippen LogP contribution in [0, 0.1) is 6.92 Å². The van der Waals surface area contributed by atoms with Crippen LogP contribution >= 0.6 is 0 Å². The van der Waals surface area contributed by atoms with E-state index in [1.54, 1.807) is 31.3 Å². The van der Waals surface area contributed by atoms with Crippen LogP contribution in [-0.2, 0) is 31.4 Å². The Morgan fingerprint density at radius 2 is 2.14 bits per heavy atom. The second-order valence-corrected chi connectivity index (χ2v) is 6.81. The Hall–Kier alpha value is -3.36. The fourth-order valence-corrected chi connectivity index (χ4v) is 3.22. The largest absolute Gasteiger partial charge is 0.339 e. The maximum atomic E-state index is 12.5. The number of fused-ring (bicyclic) bond motifs is 1. The molecule has 144 valence electrons. The first-order valence-electron chi connectivity index (χ1n) is 9.09. The van der Waals surface area contributed by atoms with Crippen molar-refractivity contribution in [2.24, 2.45) is 7.05 Å². The zero-order chi connectivity index (χ0) is 19.7. The van der Waals surface area contributed by atoms with E-state index in [1.807, 2.05) is 12.1 Å². The Balaban J connectivity index is 1.33. The van der Waals surface area contributed by atoms with Crippen molar-refractivity contribution in [1.82, 2.24) is 29.6 Å². The molecule has 0 aromatic carbocycles. The van der Waals surface area contributed by atoms with Gasteiger partial charge in [-0.1, -0.05) is 5.16 Å². The van der Waals surface area contributed by atoms with Gasteiger partial charge in [0, 0.05) is 37.8 Å². The standard InChI is InChI=1S/C19H20N6O3/c1-12-21-15-11-25(10-14(15)19(27)24(12)2)17(26)7-3-6-16-22-18(23-28-16)13-5-4-8-20-9-13/h4-5,8-9H,3,6-7,10-11H2,1-2H3. The van der Waals surface area contributed by atoms with Crippen LogP contribution in [0.4, 0.5) is 0 Å². The van der Waals surface area contributed by atoms with Gasteiger partial charge in [-0.05, 0) is 25.5 Å². The van der Waals surface area contributed by atoms with E-state index < -0.39 is 0 Å². The number of hydrogen-bond acceptors (Lipinski definition) is 7. The van der Waals surface area contributed by atoms with E-state index in [9.17, 15) is 9.59 Å². The van der Waals surface area contributed by atoms with E-state index >= 15 is 0 Å². The summed E-state index contributed by atoms with van der Waals surface area (Å²) in [7, 11) is 1.69. The topological polar surface area (TPSA) is 107 Å². The van der Waals surface area contributed by atoms with Crippen molar-refractivity contribution >= 4 is 5.91 Å². The van der Waals surface area contributed by atoms with Crippen LogP contribution in [0.3, 0.4) is 0 Å². The summed E-state index contributed by atoms with van der Waals surface area (Å²) in [6, 6.07) is 3.66. The Morgan fingerprint density at radius 1 is 1.29 bits per heavy atom. The first kappa shape index (κ1) is 18.0. The molecule has 0 saturated heterocycles. The highest BCUT2D eigenvalue weighted by Gasteiger charge is 2.27. The highest BCUT2D eigenvalue weighted by atomic mass is 16.5. The number of pyridine rings is 1. The number of carbonyl (C=O) groups excluding carboxylic acids is 1. The number of carbonyl (C=O) groups is 1. The number of aromatic nitrogens is 5. The first-order chi connectivity index (χ1) is 13.5. The molecule has 4 heterocycles. The lowest BCUT2D eigenvalue weighted by molar-refractivity contribution is -0.131. The van der Waals surface area contributed by atoms with Crippen molar-refractivity contribution in [3.05, 3.63) is 57.9 Å². The molecule has 9 heteroatoms. The van der Waals surface area contributed by atoms with Gasteiger partial charge in [0.15, 0.2) is 0 Å². The lowest BCUT2D eigenvalue weighted by Gasteiger charge is -2.14. The summed E-state index contributed by atoms with van der Waals surface area (Å²) in [4.78, 5) is 39.3. The zero-order valence-electron chi connectivity index (χ0n) is 15.8. The Labute approximate surface area is 161 Å². The quantitative estimate of drug-likeness (QED) is 0.658. The van der Waals surface area contributed by atoms with E-state index in [2.05, 4.69) is 20.1 Å². The van der Waals surface area contributed by atoms with Gasteiger partial charge in [-0.2, -0.15) is 4.98 Å². The fraction of sp³-hybridized carbons (Fsp3) is 0.368. The van der Waals surface area contributed by atoms with Gasteiger partial charge in [0.1, 0.15) is 5.82 Å². The average molecular weight is 380 g/mol. The monoisotopic (exact) mass is 380 g/mol. The van der Waals surface area contributed by atoms with Gasteiger partial charge in [0.2, 0.25) is 17.6 Å². The average Bonchev–Trinajstić information content (AvgIpc) is 3.34. The normalized spacial score (nSPS) is 13.0. The minimum atomic E-state index is -0.0772. The van der Waals surface area contributed by atoms with Crippen molar-refractivity contribution in [2.75, 3.05) is 0 Å². The van der Waals surface area contributed by atoms with Crippen LogP contribution in [0.5, 0.6) is 0 Å². The molecule has 0 radical (unpaired) electrons. The lowest BCUT2D eigenvalue weighted by atomic mass is 10.2. The molecule has 0 unspecified atom stereocenters. The fourth-order valence-electron chi connectivity index (χ4n) is 3.22. The second-order valence-electron chi connectivity index (χ2n) is 6.81. The molecule has 9 nitrogen and oxygen atoms in total. The molecule has 0 N–H and O–H groups in total. The van der Waals surface area contributed by atoms with Crippen LogP contribution in [0.2, 0.25) is 0 Å². The molecular formula is C19H20N6O3. The maximum Gasteiger partial charge on any atom is 0.258 e. The molecule has 1 aliphatic rings. The van der Waals surface area contributed by atoms with E-state index in [0.29, 0.717) is 61.1 Å². The minimum absolute atomic E-state index is 0.00953. The third-order valence-electron chi connectivity index (χ3n) is 4.90. The van der Waals surface area contributed by atoms with Gasteiger partial charge in [-0.15, -0.1) is 0 Å². The van der Waals surface area contributed by atoms with E-state index in [4.69, 9.17) is 4.52 Å². The number of aryl methyl sites for hydroxylation is 2. The molecular weight excluding hydrogens is 360 g/mol. The highest BCUT2D eigenvalue weighted by Crippen LogP contribution is 2.20. The van der Waals surface area contributed by atoms with Gasteiger partial charge in [0.25, 0.3) is 5.56 Å². The molecule has 0 spiro atoms. The number of nitrogens with zero attached hydrogens (tertiary/aromatic N) is 6. The van der Waals surface area contributed by atoms with Gasteiger partial charge < -0.3 is 9.42 Å². The van der Waals surface area contributed by atoms with Crippen LogP contribution in [0.25, 0.3) is 11.4 Å². The predicted octanol–water partition coefficient (Wildman–Crippen LogP) is 1.40. The van der Waals surface area contributed by atoms with Crippen molar-refractivity contribution < 1.29 is 9.32 Å². The Morgan fingerprint density at radius 3 is 2.93 bits per heavy atom. The molecule has 1 amide bonds. The molecule has 3 aromatic heterocycles. The van der Waals surface area contributed by atoms with Crippen LogP contribution in [-0.4, -0.2) is 35.5 Å². The molecule has 0 saturated carbocycles. The van der Waals surface area contributed by atoms with Gasteiger partial charge in [0.05, 0.1) is 24.3 Å². The van der Waals surface area contributed by atoms with Gasteiger partial charge in [-0.3, -0.25) is 19.1 Å². The van der Waals surface area contributed by atoms with Gasteiger partial charge >= 0.3 is 0 Å². The molecule has 0 atom stereocenters. The SMILES string of the molecule is Cc1nc2c(c(=O)n1C)CN(C(=O)CCCc1nc(-c3cccnc3)no1)C2. The summed E-state index contributed by atoms with van der Waals surface area (Å²) in [5.41, 5.74) is 2.02. The molecule has 0 fully saturated rings. The highest BCUT2D eigenvalue weighted by molar-refractivity contribution is 5.76. The van der Waals surface area contributed by atoms with Crippen LogP contribution in [0.15, 0.2) is 33.8 Å². The van der Waals surface area contributed by atoms with E-state index in [1.165, 1.54) is 4.57 Å². The molecule has 0 bridgehead atoms. The second kappa shape index (κ2) is 7.34. The van der Waals surface area contributed by atoms with Gasteiger partial charge in [-0.25, -0.2) is 4.98 Å². The van der Waals surface area contributed by atoms with Crippen molar-refractivity contribution in [2.45, 2.75) is 39.3 Å². The van der Waals surface area contributed by atoms with E-state index in [-0.39, 0.29) is 11.5 Å². The number of rotatable bonds is 5. The van der Waals surface area contributed by atoms with Crippen LogP contribution < -0.4 is 5.56 Å². The van der Waals surface area contributed by atoms with Crippen molar-refractivity contribution in [3.8, 4) is 11.4 Å². The summed E-state index contributed by atoms with van der Waals surface area (Å²) in [5, 5.41) is 3.95. The summed E-state index contributed by atoms with van der Waals surface area (Å²) < 4.78 is 6.77. The third-order valence-corrected chi connectivity index (χ3v) is 4.90. The number of amides is 1. The van der Waals surface area contributed by atoms with E-state index in [0.717, 1.165) is 5.56 Å². The van der Waals surface area contributed by atoms with Crippen molar-refractivity contribution in [3.63, 3.8) is 0 Å². The third kappa shape index (κ3) is 3.42. The predicted molar refractivity (Wildman–Crippen MR) is 98.9 cm³/mol.